The van der Waals surface area contributed by atoms with Crippen LogP contribution in [0.15, 0.2) is 59.1 Å². The Balaban J connectivity index is 1.87. The summed E-state index contributed by atoms with van der Waals surface area (Å²) >= 11 is 0. The summed E-state index contributed by atoms with van der Waals surface area (Å²) in [6.07, 6.45) is 1.80. The molecule has 4 heteroatoms. The molecule has 1 aromatic carbocycles. The molecule has 0 unspecified atom stereocenters. The van der Waals surface area contributed by atoms with E-state index in [4.69, 9.17) is 9.40 Å². The molecule has 4 nitrogen and oxygen atoms in total. The molecule has 0 saturated carbocycles. The minimum atomic E-state index is 0.711. The number of aryl methyl sites for hydroxylation is 2. The number of hydrogen-bond acceptors (Lipinski definition) is 3. The predicted molar refractivity (Wildman–Crippen MR) is 90.2 cm³/mol. The number of fused-ring (bicyclic) bond motifs is 1. The second-order valence-corrected chi connectivity index (χ2v) is 5.76. The molecular formula is C19H17N3O. The monoisotopic (exact) mass is 303 g/mol. The van der Waals surface area contributed by atoms with Crippen LogP contribution in [-0.4, -0.2) is 14.5 Å². The standard InChI is InChI=1S/C19H17N3O/c1-13-5-8-15(9-6-13)12-22-18-16(4-3-11-20-18)21-19(22)17-10-7-14(2)23-17/h3-11H,12H2,1-2H3. The normalized spacial score (nSPS) is 11.2. The Morgan fingerprint density at radius 2 is 1.83 bits per heavy atom. The van der Waals surface area contributed by atoms with Crippen molar-refractivity contribution in [2.75, 3.05) is 0 Å². The van der Waals surface area contributed by atoms with Gasteiger partial charge >= 0.3 is 0 Å². The van der Waals surface area contributed by atoms with E-state index in [0.717, 1.165) is 28.5 Å². The van der Waals surface area contributed by atoms with E-state index in [-0.39, 0.29) is 0 Å². The first-order chi connectivity index (χ1) is 11.2. The summed E-state index contributed by atoms with van der Waals surface area (Å²) in [5.41, 5.74) is 4.22. The van der Waals surface area contributed by atoms with Crippen LogP contribution < -0.4 is 0 Å². The van der Waals surface area contributed by atoms with Crippen LogP contribution in [0.25, 0.3) is 22.7 Å². The number of furan rings is 1. The maximum absolute atomic E-state index is 5.79. The van der Waals surface area contributed by atoms with E-state index in [1.807, 2.05) is 31.2 Å². The first kappa shape index (κ1) is 13.8. The Hall–Kier alpha value is -2.88. The van der Waals surface area contributed by atoms with Crippen LogP contribution in [0.4, 0.5) is 0 Å². The number of pyridine rings is 1. The number of imidazole rings is 1. The maximum Gasteiger partial charge on any atom is 0.178 e. The first-order valence-corrected chi connectivity index (χ1v) is 7.64. The quantitative estimate of drug-likeness (QED) is 0.565. The van der Waals surface area contributed by atoms with Gasteiger partial charge in [0.05, 0.1) is 6.54 Å². The lowest BCUT2D eigenvalue weighted by atomic mass is 10.1. The molecule has 0 atom stereocenters. The zero-order valence-corrected chi connectivity index (χ0v) is 13.2. The van der Waals surface area contributed by atoms with Gasteiger partial charge in [-0.15, -0.1) is 0 Å². The zero-order chi connectivity index (χ0) is 15.8. The van der Waals surface area contributed by atoms with Gasteiger partial charge in [-0.1, -0.05) is 29.8 Å². The van der Waals surface area contributed by atoms with Crippen molar-refractivity contribution in [3.63, 3.8) is 0 Å². The van der Waals surface area contributed by atoms with E-state index in [1.54, 1.807) is 6.20 Å². The van der Waals surface area contributed by atoms with Crippen molar-refractivity contribution in [2.24, 2.45) is 0 Å². The Kier molecular flexibility index (Phi) is 3.23. The number of nitrogens with zero attached hydrogens (tertiary/aromatic N) is 3. The molecule has 0 bridgehead atoms. The number of hydrogen-bond donors (Lipinski definition) is 0. The molecule has 0 aliphatic rings. The second-order valence-electron chi connectivity index (χ2n) is 5.76. The highest BCUT2D eigenvalue weighted by molar-refractivity contribution is 5.76. The van der Waals surface area contributed by atoms with Gasteiger partial charge in [0.2, 0.25) is 0 Å². The molecule has 0 fully saturated rings. The van der Waals surface area contributed by atoms with Crippen LogP contribution >= 0.6 is 0 Å². The van der Waals surface area contributed by atoms with E-state index < -0.39 is 0 Å². The van der Waals surface area contributed by atoms with E-state index in [1.165, 1.54) is 11.1 Å². The largest absolute Gasteiger partial charge is 0.458 e. The second kappa shape index (κ2) is 5.39. The molecule has 3 aromatic heterocycles. The highest BCUT2D eigenvalue weighted by Gasteiger charge is 2.16. The van der Waals surface area contributed by atoms with Crippen molar-refractivity contribution in [3.8, 4) is 11.6 Å². The topological polar surface area (TPSA) is 43.9 Å². The summed E-state index contributed by atoms with van der Waals surface area (Å²) in [5, 5.41) is 0. The molecular weight excluding hydrogens is 286 g/mol. The fraction of sp³-hybridized carbons (Fsp3) is 0.158. The van der Waals surface area contributed by atoms with Gasteiger partial charge < -0.3 is 8.98 Å². The molecule has 0 N–H and O–H groups in total. The lowest BCUT2D eigenvalue weighted by molar-refractivity contribution is 0.540. The molecule has 114 valence electrons. The van der Waals surface area contributed by atoms with Crippen LogP contribution in [0.5, 0.6) is 0 Å². The highest BCUT2D eigenvalue weighted by Crippen LogP contribution is 2.26. The van der Waals surface area contributed by atoms with Gasteiger partial charge in [-0.25, -0.2) is 9.97 Å². The van der Waals surface area contributed by atoms with Crippen molar-refractivity contribution in [1.82, 2.24) is 14.5 Å². The van der Waals surface area contributed by atoms with E-state index in [2.05, 4.69) is 40.7 Å². The SMILES string of the molecule is Cc1ccc(Cn2c(-c3ccc(C)o3)nc3cccnc32)cc1. The summed E-state index contributed by atoms with van der Waals surface area (Å²) in [4.78, 5) is 9.22. The van der Waals surface area contributed by atoms with Crippen molar-refractivity contribution >= 4 is 11.2 Å². The van der Waals surface area contributed by atoms with Crippen molar-refractivity contribution in [3.05, 3.63) is 71.6 Å². The van der Waals surface area contributed by atoms with Crippen LogP contribution in [0, 0.1) is 13.8 Å². The van der Waals surface area contributed by atoms with E-state index >= 15 is 0 Å². The van der Waals surface area contributed by atoms with E-state index in [9.17, 15) is 0 Å². The zero-order valence-electron chi connectivity index (χ0n) is 13.2. The van der Waals surface area contributed by atoms with Gasteiger partial charge in [0.15, 0.2) is 17.2 Å². The molecule has 23 heavy (non-hydrogen) atoms. The number of rotatable bonds is 3. The minimum Gasteiger partial charge on any atom is -0.458 e. The van der Waals surface area contributed by atoms with Crippen LogP contribution in [0.2, 0.25) is 0 Å². The third kappa shape index (κ3) is 2.52. The molecule has 0 radical (unpaired) electrons. The minimum absolute atomic E-state index is 0.711. The van der Waals surface area contributed by atoms with Gasteiger partial charge in [-0.05, 0) is 43.7 Å². The van der Waals surface area contributed by atoms with Crippen LogP contribution in [-0.2, 0) is 6.54 Å². The molecule has 4 aromatic rings. The molecule has 0 aliphatic carbocycles. The Morgan fingerprint density at radius 1 is 1.00 bits per heavy atom. The lowest BCUT2D eigenvalue weighted by Gasteiger charge is -2.08. The molecule has 0 amide bonds. The summed E-state index contributed by atoms with van der Waals surface area (Å²) in [6.45, 7) is 4.74. The van der Waals surface area contributed by atoms with Crippen molar-refractivity contribution in [1.29, 1.82) is 0 Å². The van der Waals surface area contributed by atoms with Gasteiger partial charge in [-0.3, -0.25) is 0 Å². The maximum atomic E-state index is 5.79. The van der Waals surface area contributed by atoms with Crippen molar-refractivity contribution in [2.45, 2.75) is 20.4 Å². The Bertz CT molecular complexity index is 964. The Morgan fingerprint density at radius 3 is 2.57 bits per heavy atom. The fourth-order valence-electron chi connectivity index (χ4n) is 2.73. The molecule has 0 aliphatic heterocycles. The van der Waals surface area contributed by atoms with Crippen LogP contribution in [0.3, 0.4) is 0 Å². The average Bonchev–Trinajstić information content (AvgIpc) is 3.14. The summed E-state index contributed by atoms with van der Waals surface area (Å²) < 4.78 is 7.89. The third-order valence-corrected chi connectivity index (χ3v) is 3.93. The molecule has 4 rings (SSSR count). The van der Waals surface area contributed by atoms with Gasteiger partial charge in [0.25, 0.3) is 0 Å². The van der Waals surface area contributed by atoms with E-state index in [0.29, 0.717) is 6.54 Å². The predicted octanol–water partition coefficient (Wildman–Crippen LogP) is 4.36. The van der Waals surface area contributed by atoms with Gasteiger partial charge in [0, 0.05) is 6.20 Å². The summed E-state index contributed by atoms with van der Waals surface area (Å²) in [6, 6.07) is 16.3. The number of aromatic nitrogens is 3. The van der Waals surface area contributed by atoms with Crippen LogP contribution in [0.1, 0.15) is 16.9 Å². The van der Waals surface area contributed by atoms with Gasteiger partial charge in [-0.2, -0.15) is 0 Å². The smallest absolute Gasteiger partial charge is 0.178 e. The van der Waals surface area contributed by atoms with Crippen molar-refractivity contribution < 1.29 is 4.42 Å². The average molecular weight is 303 g/mol. The Labute approximate surface area is 134 Å². The first-order valence-electron chi connectivity index (χ1n) is 7.64. The fourth-order valence-corrected chi connectivity index (χ4v) is 2.73. The highest BCUT2D eigenvalue weighted by atomic mass is 16.3. The van der Waals surface area contributed by atoms with Gasteiger partial charge in [0.1, 0.15) is 11.3 Å². The third-order valence-electron chi connectivity index (χ3n) is 3.93. The molecule has 0 saturated heterocycles. The number of benzene rings is 1. The summed E-state index contributed by atoms with van der Waals surface area (Å²) in [7, 11) is 0. The summed E-state index contributed by atoms with van der Waals surface area (Å²) in [5.74, 6) is 2.46. The molecule has 0 spiro atoms. The molecule has 3 heterocycles. The lowest BCUT2D eigenvalue weighted by Crippen LogP contribution is -2.02.